The van der Waals surface area contributed by atoms with Crippen LogP contribution in [0.5, 0.6) is 0 Å². The number of thioether (sulfide) groups is 2. The molecule has 1 aliphatic rings. The largest absolute Gasteiger partial charge is 0.293 e. The molecule has 5 heteroatoms. The monoisotopic (exact) mass is 256 g/mol. The minimum absolute atomic E-state index is 0.137. The molecule has 1 unspecified atom stereocenters. The van der Waals surface area contributed by atoms with Crippen LogP contribution in [0.3, 0.4) is 0 Å². The standard InChI is InChI=1S/C11H16N2OS2/c1-2-3-13-7-9(6-12-13)11(14)10-8-15-4-5-16-10/h6-7,10H,2-5,8H2,1H3. The van der Waals surface area contributed by atoms with Gasteiger partial charge in [0.2, 0.25) is 0 Å². The predicted molar refractivity (Wildman–Crippen MR) is 70.4 cm³/mol. The van der Waals surface area contributed by atoms with Crippen LogP contribution < -0.4 is 0 Å². The summed E-state index contributed by atoms with van der Waals surface area (Å²) < 4.78 is 1.86. The average molecular weight is 256 g/mol. The van der Waals surface area contributed by atoms with Gasteiger partial charge in [0.1, 0.15) is 0 Å². The van der Waals surface area contributed by atoms with E-state index in [0.29, 0.717) is 0 Å². The lowest BCUT2D eigenvalue weighted by Crippen LogP contribution is -2.24. The summed E-state index contributed by atoms with van der Waals surface area (Å²) in [7, 11) is 0. The lowest BCUT2D eigenvalue weighted by atomic mass is 10.2. The lowest BCUT2D eigenvalue weighted by Gasteiger charge is -2.18. The number of hydrogen-bond donors (Lipinski definition) is 0. The van der Waals surface area contributed by atoms with Crippen molar-refractivity contribution < 1.29 is 4.79 Å². The van der Waals surface area contributed by atoms with Crippen molar-refractivity contribution in [2.45, 2.75) is 25.1 Å². The molecule has 0 bridgehead atoms. The Morgan fingerprint density at radius 3 is 3.19 bits per heavy atom. The molecule has 1 aromatic rings. The van der Waals surface area contributed by atoms with Crippen LogP contribution in [0, 0.1) is 0 Å². The molecule has 0 amide bonds. The van der Waals surface area contributed by atoms with Crippen LogP contribution >= 0.6 is 23.5 Å². The van der Waals surface area contributed by atoms with Crippen molar-refractivity contribution in [2.24, 2.45) is 0 Å². The molecule has 0 radical (unpaired) electrons. The van der Waals surface area contributed by atoms with Gasteiger partial charge in [-0.25, -0.2) is 0 Å². The second-order valence-electron chi connectivity index (χ2n) is 3.79. The van der Waals surface area contributed by atoms with Crippen LogP contribution in [0.25, 0.3) is 0 Å². The third-order valence-electron chi connectivity index (χ3n) is 2.48. The number of aromatic nitrogens is 2. The molecule has 1 fully saturated rings. The fraction of sp³-hybridized carbons (Fsp3) is 0.636. The van der Waals surface area contributed by atoms with Crippen molar-refractivity contribution in [1.29, 1.82) is 0 Å². The Balaban J connectivity index is 2.01. The van der Waals surface area contributed by atoms with Gasteiger partial charge in [-0.05, 0) is 6.42 Å². The molecule has 1 aromatic heterocycles. The van der Waals surface area contributed by atoms with Crippen molar-refractivity contribution in [3.63, 3.8) is 0 Å². The van der Waals surface area contributed by atoms with Crippen molar-refractivity contribution in [3.8, 4) is 0 Å². The zero-order valence-electron chi connectivity index (χ0n) is 9.39. The number of aryl methyl sites for hydroxylation is 1. The van der Waals surface area contributed by atoms with Crippen LogP contribution in [0.15, 0.2) is 12.4 Å². The summed E-state index contributed by atoms with van der Waals surface area (Å²) >= 11 is 3.66. The molecule has 0 saturated carbocycles. The molecule has 0 aliphatic carbocycles. The number of carbonyl (C=O) groups excluding carboxylic acids is 1. The highest BCUT2D eigenvalue weighted by Crippen LogP contribution is 2.26. The van der Waals surface area contributed by atoms with Gasteiger partial charge in [0.25, 0.3) is 0 Å². The Bertz CT molecular complexity index is 359. The Labute approximate surface area is 104 Å². The van der Waals surface area contributed by atoms with E-state index in [4.69, 9.17) is 0 Å². The van der Waals surface area contributed by atoms with Crippen LogP contribution in [-0.4, -0.2) is 38.1 Å². The summed E-state index contributed by atoms with van der Waals surface area (Å²) in [6.07, 6.45) is 4.63. The number of nitrogens with zero attached hydrogens (tertiary/aromatic N) is 2. The van der Waals surface area contributed by atoms with Gasteiger partial charge in [-0.15, -0.1) is 11.8 Å². The summed E-state index contributed by atoms with van der Waals surface area (Å²) in [6, 6.07) is 0. The molecule has 2 rings (SSSR count). The first-order valence-electron chi connectivity index (χ1n) is 5.57. The van der Waals surface area contributed by atoms with Crippen molar-refractivity contribution in [2.75, 3.05) is 17.3 Å². The van der Waals surface area contributed by atoms with E-state index >= 15 is 0 Å². The van der Waals surface area contributed by atoms with Crippen molar-refractivity contribution in [1.82, 2.24) is 9.78 Å². The summed E-state index contributed by atoms with van der Waals surface area (Å²) in [5.41, 5.74) is 0.772. The molecular formula is C11H16N2OS2. The summed E-state index contributed by atoms with van der Waals surface area (Å²) in [4.78, 5) is 12.1. The Morgan fingerprint density at radius 2 is 2.50 bits per heavy atom. The van der Waals surface area contributed by atoms with Gasteiger partial charge in [-0.3, -0.25) is 9.48 Å². The number of ketones is 1. The maximum absolute atomic E-state index is 12.1. The molecule has 3 nitrogen and oxygen atoms in total. The zero-order chi connectivity index (χ0) is 11.4. The van der Waals surface area contributed by atoms with E-state index in [9.17, 15) is 4.79 Å². The fourth-order valence-corrected chi connectivity index (χ4v) is 4.30. The first-order valence-corrected chi connectivity index (χ1v) is 7.77. The van der Waals surface area contributed by atoms with E-state index in [-0.39, 0.29) is 11.0 Å². The normalized spacial score (nSPS) is 20.9. The second-order valence-corrected chi connectivity index (χ2v) is 6.25. The second kappa shape index (κ2) is 5.77. The van der Waals surface area contributed by atoms with Crippen LogP contribution in [0.2, 0.25) is 0 Å². The average Bonchev–Trinajstić information content (AvgIpc) is 2.78. The summed E-state index contributed by atoms with van der Waals surface area (Å²) in [5.74, 6) is 3.45. The van der Waals surface area contributed by atoms with Gasteiger partial charge < -0.3 is 0 Å². The molecule has 1 saturated heterocycles. The number of carbonyl (C=O) groups is 1. The van der Waals surface area contributed by atoms with E-state index in [1.807, 2.05) is 22.6 Å². The SMILES string of the molecule is CCCn1cc(C(=O)C2CSCCS2)cn1. The lowest BCUT2D eigenvalue weighted by molar-refractivity contribution is 0.0995. The fourth-order valence-electron chi connectivity index (χ4n) is 1.67. The van der Waals surface area contributed by atoms with Crippen LogP contribution in [-0.2, 0) is 6.54 Å². The summed E-state index contributed by atoms with van der Waals surface area (Å²) in [6.45, 7) is 3.00. The van der Waals surface area contributed by atoms with Crippen molar-refractivity contribution >= 4 is 29.3 Å². The molecule has 1 aliphatic heterocycles. The van der Waals surface area contributed by atoms with Gasteiger partial charge >= 0.3 is 0 Å². The van der Waals surface area contributed by atoms with Crippen LogP contribution in [0.4, 0.5) is 0 Å². The number of Topliss-reactive ketones (excluding diaryl/α,β-unsaturated/α-hetero) is 1. The van der Waals surface area contributed by atoms with E-state index in [1.54, 1.807) is 18.0 Å². The zero-order valence-corrected chi connectivity index (χ0v) is 11.0. The van der Waals surface area contributed by atoms with E-state index in [0.717, 1.165) is 30.0 Å². The quantitative estimate of drug-likeness (QED) is 0.774. The number of hydrogen-bond acceptors (Lipinski definition) is 4. The molecule has 0 N–H and O–H groups in total. The van der Waals surface area contributed by atoms with Gasteiger partial charge in [0.05, 0.1) is 17.0 Å². The minimum Gasteiger partial charge on any atom is -0.293 e. The highest BCUT2D eigenvalue weighted by Gasteiger charge is 2.24. The van der Waals surface area contributed by atoms with E-state index in [1.165, 1.54) is 5.75 Å². The molecule has 88 valence electrons. The Kier molecular flexibility index (Phi) is 4.35. The van der Waals surface area contributed by atoms with Gasteiger partial charge in [0, 0.05) is 30.0 Å². The van der Waals surface area contributed by atoms with Gasteiger partial charge in [0.15, 0.2) is 5.78 Å². The molecule has 1 atom stereocenters. The third kappa shape index (κ3) is 2.83. The predicted octanol–water partition coefficient (Wildman–Crippen LogP) is 2.32. The minimum atomic E-state index is 0.137. The Hall–Kier alpha value is -0.420. The van der Waals surface area contributed by atoms with E-state index in [2.05, 4.69) is 12.0 Å². The summed E-state index contributed by atoms with van der Waals surface area (Å²) in [5, 5.41) is 4.34. The van der Waals surface area contributed by atoms with Crippen LogP contribution in [0.1, 0.15) is 23.7 Å². The van der Waals surface area contributed by atoms with E-state index < -0.39 is 0 Å². The maximum Gasteiger partial charge on any atom is 0.179 e. The molecule has 0 aromatic carbocycles. The van der Waals surface area contributed by atoms with Crippen molar-refractivity contribution in [3.05, 3.63) is 18.0 Å². The third-order valence-corrected chi connectivity index (χ3v) is 5.23. The molecule has 0 spiro atoms. The first kappa shape index (κ1) is 12.0. The molecule has 2 heterocycles. The highest BCUT2D eigenvalue weighted by molar-refractivity contribution is 8.07. The smallest absolute Gasteiger partial charge is 0.179 e. The molecular weight excluding hydrogens is 240 g/mol. The number of rotatable bonds is 4. The topological polar surface area (TPSA) is 34.9 Å². The van der Waals surface area contributed by atoms with Gasteiger partial charge in [-0.2, -0.15) is 16.9 Å². The Morgan fingerprint density at radius 1 is 1.62 bits per heavy atom. The van der Waals surface area contributed by atoms with Gasteiger partial charge in [-0.1, -0.05) is 6.92 Å². The highest BCUT2D eigenvalue weighted by atomic mass is 32.2. The molecule has 16 heavy (non-hydrogen) atoms. The first-order chi connectivity index (χ1) is 7.81. The maximum atomic E-state index is 12.1.